The second-order valence-electron chi connectivity index (χ2n) is 1.09. The van der Waals surface area contributed by atoms with E-state index in [1.807, 2.05) is 0 Å². The van der Waals surface area contributed by atoms with Crippen molar-refractivity contribution < 1.29 is 8.78 Å². The molecule has 44 valence electrons. The monoisotopic (exact) mass is 116 g/mol. The van der Waals surface area contributed by atoms with Crippen molar-refractivity contribution in [3.05, 3.63) is 37.0 Å². The van der Waals surface area contributed by atoms with Gasteiger partial charge in [0.15, 0.2) is 5.83 Å². The third kappa shape index (κ3) is 3.28. The molecule has 0 saturated heterocycles. The third-order valence-corrected chi connectivity index (χ3v) is 0.496. The summed E-state index contributed by atoms with van der Waals surface area (Å²) < 4.78 is 22.8. The molecule has 8 heavy (non-hydrogen) atoms. The molecular weight excluding hydrogens is 110 g/mol. The van der Waals surface area contributed by atoms with Crippen molar-refractivity contribution in [2.45, 2.75) is 0 Å². The summed E-state index contributed by atoms with van der Waals surface area (Å²) in [5.41, 5.74) is 0. The highest BCUT2D eigenvalue weighted by molar-refractivity contribution is 5.12. The molecule has 0 saturated carbocycles. The molecule has 0 bridgehead atoms. The van der Waals surface area contributed by atoms with Crippen LogP contribution >= 0.6 is 0 Å². The van der Waals surface area contributed by atoms with Gasteiger partial charge in [0, 0.05) is 0 Å². The average Bonchev–Trinajstić information content (AvgIpc) is 1.83. The topological polar surface area (TPSA) is 0 Å². The fourth-order valence-corrected chi connectivity index (χ4v) is 0.196. The summed E-state index contributed by atoms with van der Waals surface area (Å²) in [5, 5.41) is 0. The highest BCUT2D eigenvalue weighted by Gasteiger charge is 1.79. The van der Waals surface area contributed by atoms with Crippen LogP contribution in [0.1, 0.15) is 0 Å². The SMILES string of the molecule is C=C/C=C\C(F)=C\F. The smallest absolute Gasteiger partial charge is 0.151 e. The minimum absolute atomic E-state index is 0.111. The van der Waals surface area contributed by atoms with E-state index in [1.54, 1.807) is 0 Å². The molecule has 0 N–H and O–H groups in total. The molecule has 0 atom stereocenters. The first-order valence-corrected chi connectivity index (χ1v) is 2.06. The minimum Gasteiger partial charge on any atom is -0.212 e. The van der Waals surface area contributed by atoms with Crippen LogP contribution in [0.2, 0.25) is 0 Å². The quantitative estimate of drug-likeness (QED) is 0.486. The Balaban J connectivity index is 3.69. The Morgan fingerprint density at radius 3 is 2.50 bits per heavy atom. The van der Waals surface area contributed by atoms with E-state index in [-0.39, 0.29) is 6.33 Å². The maximum absolute atomic E-state index is 11.7. The molecule has 0 aromatic heterocycles. The first-order chi connectivity index (χ1) is 3.81. The van der Waals surface area contributed by atoms with Crippen LogP contribution in [0.3, 0.4) is 0 Å². The molecule has 0 unspecified atom stereocenters. The van der Waals surface area contributed by atoms with Crippen LogP contribution in [-0.4, -0.2) is 0 Å². The summed E-state index contributed by atoms with van der Waals surface area (Å²) in [6.07, 6.45) is 3.54. The van der Waals surface area contributed by atoms with Gasteiger partial charge in [0.05, 0.1) is 0 Å². The van der Waals surface area contributed by atoms with Gasteiger partial charge in [-0.3, -0.25) is 0 Å². The van der Waals surface area contributed by atoms with Crippen molar-refractivity contribution >= 4 is 0 Å². The zero-order valence-electron chi connectivity index (χ0n) is 4.27. The van der Waals surface area contributed by atoms with Crippen molar-refractivity contribution in [1.82, 2.24) is 0 Å². The first kappa shape index (κ1) is 7.08. The zero-order valence-corrected chi connectivity index (χ0v) is 4.27. The summed E-state index contributed by atoms with van der Waals surface area (Å²) >= 11 is 0. The lowest BCUT2D eigenvalue weighted by atomic mass is 10.4. The molecular formula is C6H6F2. The number of halogens is 2. The summed E-state index contributed by atoms with van der Waals surface area (Å²) in [6, 6.07) is 0. The average molecular weight is 116 g/mol. The molecule has 0 aliphatic rings. The molecule has 0 aliphatic carbocycles. The lowest BCUT2D eigenvalue weighted by molar-refractivity contribution is 0.606. The second kappa shape index (κ2) is 4.24. The van der Waals surface area contributed by atoms with E-state index in [0.29, 0.717) is 0 Å². The minimum atomic E-state index is -0.898. The van der Waals surface area contributed by atoms with Crippen LogP contribution in [0.4, 0.5) is 8.78 Å². The van der Waals surface area contributed by atoms with Crippen LogP contribution in [0.15, 0.2) is 37.0 Å². The van der Waals surface area contributed by atoms with Crippen LogP contribution in [0.25, 0.3) is 0 Å². The summed E-state index contributed by atoms with van der Waals surface area (Å²) in [5.74, 6) is -0.898. The Morgan fingerprint density at radius 2 is 2.12 bits per heavy atom. The number of rotatable bonds is 2. The largest absolute Gasteiger partial charge is 0.212 e. The Hall–Kier alpha value is -0.920. The van der Waals surface area contributed by atoms with Crippen molar-refractivity contribution in [2.75, 3.05) is 0 Å². The van der Waals surface area contributed by atoms with Crippen LogP contribution in [0, 0.1) is 0 Å². The van der Waals surface area contributed by atoms with E-state index >= 15 is 0 Å². The molecule has 0 aromatic rings. The second-order valence-corrected chi connectivity index (χ2v) is 1.09. The van der Waals surface area contributed by atoms with Gasteiger partial charge in [-0.25, -0.2) is 8.78 Å². The first-order valence-electron chi connectivity index (χ1n) is 2.06. The number of hydrogen-bond acceptors (Lipinski definition) is 0. The van der Waals surface area contributed by atoms with E-state index < -0.39 is 5.83 Å². The van der Waals surface area contributed by atoms with Gasteiger partial charge >= 0.3 is 0 Å². The molecule has 0 fully saturated rings. The molecule has 0 radical (unpaired) electrons. The van der Waals surface area contributed by atoms with Gasteiger partial charge in [0.25, 0.3) is 0 Å². The fourth-order valence-electron chi connectivity index (χ4n) is 0.196. The summed E-state index contributed by atoms with van der Waals surface area (Å²) in [6.45, 7) is 3.26. The van der Waals surface area contributed by atoms with Gasteiger partial charge in [0.1, 0.15) is 6.33 Å². The molecule has 2 heteroatoms. The van der Waals surface area contributed by atoms with Gasteiger partial charge in [-0.15, -0.1) is 0 Å². The van der Waals surface area contributed by atoms with Crippen molar-refractivity contribution in [2.24, 2.45) is 0 Å². The maximum Gasteiger partial charge on any atom is 0.151 e. The fraction of sp³-hybridized carbons (Fsp3) is 0. The lowest BCUT2D eigenvalue weighted by Crippen LogP contribution is -1.57. The van der Waals surface area contributed by atoms with E-state index in [1.165, 1.54) is 12.2 Å². The Kier molecular flexibility index (Phi) is 3.76. The highest BCUT2D eigenvalue weighted by Crippen LogP contribution is 1.97. The van der Waals surface area contributed by atoms with E-state index in [2.05, 4.69) is 6.58 Å². The number of hydrogen-bond donors (Lipinski definition) is 0. The molecule has 0 aliphatic heterocycles. The van der Waals surface area contributed by atoms with Crippen molar-refractivity contribution in [3.63, 3.8) is 0 Å². The standard InChI is InChI=1S/C6H6F2/c1-2-3-4-6(8)5-7/h2-5H,1H2/b4-3-,6-5-. The van der Waals surface area contributed by atoms with Gasteiger partial charge in [-0.05, 0) is 6.08 Å². The predicted octanol–water partition coefficient (Wildman–Crippen LogP) is 2.51. The maximum atomic E-state index is 11.7. The van der Waals surface area contributed by atoms with E-state index in [0.717, 1.165) is 6.08 Å². The van der Waals surface area contributed by atoms with Gasteiger partial charge < -0.3 is 0 Å². The normalized spacial score (nSPS) is 12.5. The Labute approximate surface area is 46.8 Å². The van der Waals surface area contributed by atoms with Crippen molar-refractivity contribution in [3.8, 4) is 0 Å². The molecule has 0 amide bonds. The van der Waals surface area contributed by atoms with Crippen LogP contribution in [-0.2, 0) is 0 Å². The lowest BCUT2D eigenvalue weighted by Gasteiger charge is -1.74. The zero-order chi connectivity index (χ0) is 6.41. The molecule has 0 spiro atoms. The van der Waals surface area contributed by atoms with E-state index in [4.69, 9.17) is 0 Å². The Morgan fingerprint density at radius 1 is 1.50 bits per heavy atom. The van der Waals surface area contributed by atoms with Crippen molar-refractivity contribution in [1.29, 1.82) is 0 Å². The van der Waals surface area contributed by atoms with E-state index in [9.17, 15) is 8.78 Å². The molecule has 0 nitrogen and oxygen atoms in total. The predicted molar refractivity (Wildman–Crippen MR) is 29.6 cm³/mol. The molecule has 0 heterocycles. The van der Waals surface area contributed by atoms with Crippen LogP contribution < -0.4 is 0 Å². The van der Waals surface area contributed by atoms with Crippen LogP contribution in [0.5, 0.6) is 0 Å². The third-order valence-electron chi connectivity index (χ3n) is 0.496. The summed E-state index contributed by atoms with van der Waals surface area (Å²) in [7, 11) is 0. The van der Waals surface area contributed by atoms with Gasteiger partial charge in [0.2, 0.25) is 0 Å². The van der Waals surface area contributed by atoms with Gasteiger partial charge in [-0.2, -0.15) is 0 Å². The van der Waals surface area contributed by atoms with Gasteiger partial charge in [-0.1, -0.05) is 18.7 Å². The molecule has 0 aromatic carbocycles. The highest BCUT2D eigenvalue weighted by atomic mass is 19.2. The number of allylic oxidation sites excluding steroid dienone is 4. The Bertz CT molecular complexity index is 122. The summed E-state index contributed by atoms with van der Waals surface area (Å²) in [4.78, 5) is 0. The molecule has 0 rings (SSSR count).